The van der Waals surface area contributed by atoms with E-state index in [9.17, 15) is 14.3 Å². The molecule has 6 heteroatoms. The fraction of sp³-hybridized carbons (Fsp3) is 0.600. The topological polar surface area (TPSA) is 65.5 Å². The van der Waals surface area contributed by atoms with Crippen LogP contribution in [-0.2, 0) is 0 Å². The number of aromatic nitrogens is 1. The van der Waals surface area contributed by atoms with E-state index in [2.05, 4.69) is 10.3 Å². The molecule has 1 aliphatic carbocycles. The van der Waals surface area contributed by atoms with Crippen molar-refractivity contribution in [3.05, 3.63) is 23.6 Å². The van der Waals surface area contributed by atoms with Gasteiger partial charge in [0.05, 0.1) is 11.7 Å². The number of aliphatic hydroxyl groups is 1. The van der Waals surface area contributed by atoms with Crippen molar-refractivity contribution in [1.29, 1.82) is 0 Å². The van der Waals surface area contributed by atoms with E-state index < -0.39 is 5.82 Å². The predicted octanol–water partition coefficient (Wildman–Crippen LogP) is 1.50. The number of nitrogens with zero attached hydrogens (tertiary/aromatic N) is 2. The molecule has 0 spiro atoms. The molecule has 1 aliphatic heterocycles. The molecule has 3 rings (SSSR count). The summed E-state index contributed by atoms with van der Waals surface area (Å²) < 4.78 is 14.3. The fourth-order valence-electron chi connectivity index (χ4n) is 3.47. The molecule has 0 bridgehead atoms. The number of aliphatic hydroxyl groups excluding tert-OH is 1. The lowest BCUT2D eigenvalue weighted by Gasteiger charge is -2.19. The average Bonchev–Trinajstić information content (AvgIpc) is 3.03. The third-order valence-electron chi connectivity index (χ3n) is 4.57. The number of hydrogen-bond donors (Lipinski definition) is 2. The monoisotopic (exact) mass is 293 g/mol. The van der Waals surface area contributed by atoms with E-state index >= 15 is 0 Å². The molecular formula is C15H20FN3O2. The molecule has 2 fully saturated rings. The van der Waals surface area contributed by atoms with Crippen molar-refractivity contribution in [1.82, 2.24) is 9.88 Å². The van der Waals surface area contributed by atoms with Crippen LogP contribution in [-0.4, -0.2) is 46.6 Å². The first-order valence-corrected chi connectivity index (χ1v) is 7.47. The Morgan fingerprint density at radius 1 is 1.52 bits per heavy atom. The fourth-order valence-corrected chi connectivity index (χ4v) is 3.47. The second-order valence-electron chi connectivity index (χ2n) is 5.83. The summed E-state index contributed by atoms with van der Waals surface area (Å²) in [5.41, 5.74) is 0.0513. The molecular weight excluding hydrogens is 273 g/mol. The summed E-state index contributed by atoms with van der Waals surface area (Å²) in [6.07, 6.45) is 2.87. The highest BCUT2D eigenvalue weighted by Gasteiger charge is 2.43. The molecule has 3 atom stereocenters. The van der Waals surface area contributed by atoms with Crippen LogP contribution in [0.2, 0.25) is 0 Å². The van der Waals surface area contributed by atoms with Gasteiger partial charge < -0.3 is 15.3 Å². The van der Waals surface area contributed by atoms with Crippen LogP contribution in [0.1, 0.15) is 30.1 Å². The molecule has 0 radical (unpaired) electrons. The second kappa shape index (κ2) is 5.60. The number of halogens is 1. The van der Waals surface area contributed by atoms with Gasteiger partial charge in [0.15, 0.2) is 11.6 Å². The number of carbonyl (C=O) groups excluding carboxylic acids is 1. The van der Waals surface area contributed by atoms with Crippen molar-refractivity contribution in [3.63, 3.8) is 0 Å². The van der Waals surface area contributed by atoms with Gasteiger partial charge in [-0.15, -0.1) is 0 Å². The van der Waals surface area contributed by atoms with Crippen LogP contribution in [0.5, 0.6) is 0 Å². The first-order valence-electron chi connectivity index (χ1n) is 7.47. The minimum Gasteiger partial charge on any atom is -0.393 e. The average molecular weight is 293 g/mol. The lowest BCUT2D eigenvalue weighted by Crippen LogP contribution is -2.31. The van der Waals surface area contributed by atoms with Gasteiger partial charge in [-0.05, 0) is 31.7 Å². The summed E-state index contributed by atoms with van der Waals surface area (Å²) in [4.78, 5) is 18.1. The van der Waals surface area contributed by atoms with Crippen LogP contribution in [0.3, 0.4) is 0 Å². The molecule has 3 unspecified atom stereocenters. The molecule has 114 valence electrons. The largest absolute Gasteiger partial charge is 0.393 e. The molecule has 2 aliphatic rings. The summed E-state index contributed by atoms with van der Waals surface area (Å²) in [6, 6.07) is 1.42. The van der Waals surface area contributed by atoms with E-state index in [1.54, 1.807) is 4.90 Å². The quantitative estimate of drug-likeness (QED) is 0.886. The Balaban J connectivity index is 1.79. The Hall–Kier alpha value is -1.69. The summed E-state index contributed by atoms with van der Waals surface area (Å²) in [6.45, 7) is 3.52. The highest BCUT2D eigenvalue weighted by molar-refractivity contribution is 5.95. The molecule has 1 amide bonds. The molecule has 2 N–H and O–H groups in total. The van der Waals surface area contributed by atoms with Gasteiger partial charge in [0, 0.05) is 31.7 Å². The normalized spacial score (nSPS) is 27.8. The standard InChI is InChI=1S/C15H20FN3O2/c1-2-17-14-13(16)10(5-6-18-14)15(21)19-7-9-3-4-12(20)11(9)8-19/h5-6,9,11-12,20H,2-4,7-8H2,1H3,(H,17,18). The number of fused-ring (bicyclic) bond motifs is 1. The zero-order valence-electron chi connectivity index (χ0n) is 12.1. The molecule has 1 saturated carbocycles. The highest BCUT2D eigenvalue weighted by atomic mass is 19.1. The summed E-state index contributed by atoms with van der Waals surface area (Å²) in [5.74, 6) is -0.297. The van der Waals surface area contributed by atoms with Gasteiger partial charge in [0.1, 0.15) is 0 Å². The number of anilines is 1. The third kappa shape index (κ3) is 2.48. The Morgan fingerprint density at radius 2 is 2.33 bits per heavy atom. The Bertz CT molecular complexity index is 552. The number of nitrogens with one attached hydrogen (secondary N) is 1. The minimum absolute atomic E-state index is 0.0513. The van der Waals surface area contributed by atoms with E-state index in [0.29, 0.717) is 25.6 Å². The molecule has 2 heterocycles. The van der Waals surface area contributed by atoms with Gasteiger partial charge in [0.25, 0.3) is 5.91 Å². The van der Waals surface area contributed by atoms with Gasteiger partial charge in [-0.1, -0.05) is 0 Å². The summed E-state index contributed by atoms with van der Waals surface area (Å²) in [5, 5.41) is 12.7. The Kier molecular flexibility index (Phi) is 3.80. The molecule has 1 saturated heterocycles. The SMILES string of the molecule is CCNc1nccc(C(=O)N2CC3CCC(O)C3C2)c1F. The van der Waals surface area contributed by atoms with Crippen molar-refractivity contribution < 1.29 is 14.3 Å². The van der Waals surface area contributed by atoms with Gasteiger partial charge in [0.2, 0.25) is 0 Å². The van der Waals surface area contributed by atoms with E-state index in [1.165, 1.54) is 12.3 Å². The molecule has 1 aromatic heterocycles. The molecule has 0 aromatic carbocycles. The van der Waals surface area contributed by atoms with Gasteiger partial charge >= 0.3 is 0 Å². The van der Waals surface area contributed by atoms with Crippen molar-refractivity contribution in [2.75, 3.05) is 25.0 Å². The van der Waals surface area contributed by atoms with Crippen LogP contribution in [0.4, 0.5) is 10.2 Å². The smallest absolute Gasteiger partial charge is 0.257 e. The number of rotatable bonds is 3. The van der Waals surface area contributed by atoms with Crippen molar-refractivity contribution in [2.45, 2.75) is 25.9 Å². The van der Waals surface area contributed by atoms with Gasteiger partial charge in [-0.25, -0.2) is 9.37 Å². The maximum atomic E-state index is 14.3. The second-order valence-corrected chi connectivity index (χ2v) is 5.83. The zero-order valence-corrected chi connectivity index (χ0v) is 12.1. The maximum Gasteiger partial charge on any atom is 0.257 e. The number of carbonyl (C=O) groups is 1. The molecule has 21 heavy (non-hydrogen) atoms. The number of pyridine rings is 1. The van der Waals surface area contributed by atoms with Crippen molar-refractivity contribution in [3.8, 4) is 0 Å². The first-order chi connectivity index (χ1) is 10.1. The van der Waals surface area contributed by atoms with E-state index in [4.69, 9.17) is 0 Å². The lowest BCUT2D eigenvalue weighted by atomic mass is 10.00. The van der Waals surface area contributed by atoms with Crippen LogP contribution in [0, 0.1) is 17.7 Å². The van der Waals surface area contributed by atoms with Crippen LogP contribution >= 0.6 is 0 Å². The number of hydrogen-bond acceptors (Lipinski definition) is 4. The lowest BCUT2D eigenvalue weighted by molar-refractivity contribution is 0.0748. The van der Waals surface area contributed by atoms with Crippen molar-refractivity contribution in [2.24, 2.45) is 11.8 Å². The number of amides is 1. The van der Waals surface area contributed by atoms with Crippen LogP contribution in [0.25, 0.3) is 0 Å². The Morgan fingerprint density at radius 3 is 3.05 bits per heavy atom. The van der Waals surface area contributed by atoms with Gasteiger partial charge in [-0.2, -0.15) is 0 Å². The zero-order chi connectivity index (χ0) is 15.0. The minimum atomic E-state index is -0.595. The third-order valence-corrected chi connectivity index (χ3v) is 4.57. The first kappa shape index (κ1) is 14.3. The van der Waals surface area contributed by atoms with E-state index in [-0.39, 0.29) is 29.3 Å². The van der Waals surface area contributed by atoms with Crippen LogP contribution in [0.15, 0.2) is 12.3 Å². The molecule has 5 nitrogen and oxygen atoms in total. The summed E-state index contributed by atoms with van der Waals surface area (Å²) >= 11 is 0. The summed E-state index contributed by atoms with van der Waals surface area (Å²) in [7, 11) is 0. The maximum absolute atomic E-state index is 14.3. The van der Waals surface area contributed by atoms with Gasteiger partial charge in [-0.3, -0.25) is 4.79 Å². The Labute approximate surface area is 123 Å². The number of likely N-dealkylation sites (tertiary alicyclic amines) is 1. The van der Waals surface area contributed by atoms with Crippen molar-refractivity contribution >= 4 is 11.7 Å². The highest BCUT2D eigenvalue weighted by Crippen LogP contribution is 2.38. The van der Waals surface area contributed by atoms with Crippen LogP contribution < -0.4 is 5.32 Å². The van der Waals surface area contributed by atoms with E-state index in [1.807, 2.05) is 6.92 Å². The van der Waals surface area contributed by atoms with E-state index in [0.717, 1.165) is 12.8 Å². The predicted molar refractivity (Wildman–Crippen MR) is 76.5 cm³/mol. The molecule has 1 aromatic rings.